The Hall–Kier alpha value is -5.23. The smallest absolute Gasteiger partial charge is 0.306 e. The second-order valence-electron chi connectivity index (χ2n) is 15.9. The summed E-state index contributed by atoms with van der Waals surface area (Å²) in [5.41, 5.74) is 0. The van der Waals surface area contributed by atoms with Gasteiger partial charge >= 0.3 is 17.9 Å². The lowest BCUT2D eigenvalue weighted by molar-refractivity contribution is -0.166. The summed E-state index contributed by atoms with van der Waals surface area (Å²) in [6.45, 7) is 6.11. The van der Waals surface area contributed by atoms with Gasteiger partial charge in [-0.2, -0.15) is 0 Å². The molecule has 0 spiro atoms. The highest BCUT2D eigenvalue weighted by Crippen LogP contribution is 2.10. The van der Waals surface area contributed by atoms with Crippen LogP contribution in [0, 0.1) is 0 Å². The first-order chi connectivity index (χ1) is 33.0. The fraction of sp³-hybridized carbons (Fsp3) is 0.492. The number of carbonyl (C=O) groups excluding carboxylic acids is 3. The Labute approximate surface area is 409 Å². The molecule has 6 heteroatoms. The highest BCUT2D eigenvalue weighted by Gasteiger charge is 2.19. The Bertz CT molecular complexity index is 1620. The van der Waals surface area contributed by atoms with E-state index >= 15 is 0 Å². The van der Waals surface area contributed by atoms with Crippen molar-refractivity contribution < 1.29 is 28.6 Å². The van der Waals surface area contributed by atoms with E-state index in [0.29, 0.717) is 19.3 Å². The predicted octanol–water partition coefficient (Wildman–Crippen LogP) is 17.2. The maximum absolute atomic E-state index is 12.8. The summed E-state index contributed by atoms with van der Waals surface area (Å²) >= 11 is 0. The zero-order valence-corrected chi connectivity index (χ0v) is 42.1. The fourth-order valence-electron chi connectivity index (χ4n) is 6.00. The number of rotatable bonds is 43. The summed E-state index contributed by atoms with van der Waals surface area (Å²) in [7, 11) is 0. The van der Waals surface area contributed by atoms with Gasteiger partial charge < -0.3 is 14.2 Å². The monoisotopic (exact) mass is 919 g/mol. The van der Waals surface area contributed by atoms with Crippen molar-refractivity contribution in [1.82, 2.24) is 0 Å². The van der Waals surface area contributed by atoms with E-state index in [1.54, 1.807) is 0 Å². The first-order valence-electron chi connectivity index (χ1n) is 25.6. The highest BCUT2D eigenvalue weighted by molar-refractivity contribution is 5.71. The first kappa shape index (κ1) is 61.8. The van der Waals surface area contributed by atoms with Crippen molar-refractivity contribution in [2.75, 3.05) is 13.2 Å². The number of unbranched alkanes of at least 4 members (excludes halogenated alkanes) is 4. The summed E-state index contributed by atoms with van der Waals surface area (Å²) in [5, 5.41) is 0. The van der Waals surface area contributed by atoms with E-state index in [2.05, 4.69) is 167 Å². The maximum Gasteiger partial charge on any atom is 0.306 e. The van der Waals surface area contributed by atoms with E-state index in [4.69, 9.17) is 14.2 Å². The third-order valence-electron chi connectivity index (χ3n) is 9.72. The van der Waals surface area contributed by atoms with Gasteiger partial charge in [0.25, 0.3) is 0 Å². The molecule has 0 N–H and O–H groups in total. The minimum absolute atomic E-state index is 0.152. The molecule has 0 aromatic carbocycles. The number of esters is 3. The minimum atomic E-state index is -0.867. The molecular formula is C61H90O6. The van der Waals surface area contributed by atoms with Crippen LogP contribution in [0.2, 0.25) is 0 Å². The zero-order chi connectivity index (χ0) is 48.6. The molecule has 0 heterocycles. The Balaban J connectivity index is 4.68. The highest BCUT2D eigenvalue weighted by atomic mass is 16.6. The maximum atomic E-state index is 12.8. The summed E-state index contributed by atoms with van der Waals surface area (Å²) in [6, 6.07) is 0. The minimum Gasteiger partial charge on any atom is -0.462 e. The van der Waals surface area contributed by atoms with E-state index < -0.39 is 18.0 Å². The number of allylic oxidation sites excluding steroid dienone is 28. The SMILES string of the molecule is CC/C=C\C/C=C\C/C=C\C/C=C\C/C=C\C/C=C\CCC(=O)OCC(COC(=O)CCCCCC/C=C\C/C=C\C/C=C\CC)OC(=O)CC/C=C\C/C=C\C/C=C\C/C=C\C/C=C\CC. The number of ether oxygens (including phenoxy) is 3. The fourth-order valence-corrected chi connectivity index (χ4v) is 6.00. The van der Waals surface area contributed by atoms with Gasteiger partial charge in [-0.15, -0.1) is 0 Å². The van der Waals surface area contributed by atoms with E-state index in [-0.39, 0.29) is 32.0 Å². The molecule has 67 heavy (non-hydrogen) atoms. The Kier molecular flexibility index (Phi) is 49.2. The van der Waals surface area contributed by atoms with Crippen LogP contribution in [0.25, 0.3) is 0 Å². The van der Waals surface area contributed by atoms with Crippen molar-refractivity contribution in [2.24, 2.45) is 0 Å². The summed E-state index contributed by atoms with van der Waals surface area (Å²) < 4.78 is 16.6. The second kappa shape index (κ2) is 53.4. The Morgan fingerprint density at radius 2 is 0.567 bits per heavy atom. The molecule has 1 unspecified atom stereocenters. The lowest BCUT2D eigenvalue weighted by Crippen LogP contribution is -2.30. The van der Waals surface area contributed by atoms with Gasteiger partial charge in [0.1, 0.15) is 13.2 Å². The zero-order valence-electron chi connectivity index (χ0n) is 42.1. The molecule has 0 fully saturated rings. The average Bonchev–Trinajstić information content (AvgIpc) is 3.33. The predicted molar refractivity (Wildman–Crippen MR) is 288 cm³/mol. The van der Waals surface area contributed by atoms with Crippen LogP contribution in [0.1, 0.15) is 175 Å². The summed E-state index contributed by atoms with van der Waals surface area (Å²) in [4.78, 5) is 37.9. The third kappa shape index (κ3) is 51.6. The van der Waals surface area contributed by atoms with Crippen molar-refractivity contribution >= 4 is 17.9 Å². The van der Waals surface area contributed by atoms with E-state index in [9.17, 15) is 14.4 Å². The molecule has 0 aliphatic heterocycles. The van der Waals surface area contributed by atoms with Gasteiger partial charge in [-0.05, 0) is 122 Å². The summed E-state index contributed by atoms with van der Waals surface area (Å²) in [6.07, 6.45) is 79.3. The molecule has 0 saturated carbocycles. The molecule has 0 bridgehead atoms. The molecule has 0 aliphatic carbocycles. The van der Waals surface area contributed by atoms with Crippen LogP contribution in [0.3, 0.4) is 0 Å². The number of hydrogen-bond acceptors (Lipinski definition) is 6. The molecule has 370 valence electrons. The molecule has 0 aliphatic rings. The summed E-state index contributed by atoms with van der Waals surface area (Å²) in [5.74, 6) is -1.16. The molecule has 0 rings (SSSR count). The van der Waals surface area contributed by atoms with Gasteiger partial charge in [-0.3, -0.25) is 14.4 Å². The third-order valence-corrected chi connectivity index (χ3v) is 9.72. The standard InChI is InChI=1S/C61H90O6/c1-4-7-10-13-16-19-22-25-28-30-31-32-34-36-39-42-45-48-51-54-60(63)66-57-58(56-65-59(62)53-50-47-44-41-38-35-27-24-21-18-15-12-9-6-3)67-61(64)55-52-49-46-43-40-37-33-29-26-23-20-17-14-11-8-5-2/h7-12,16-21,25-29,31-32,35-37,39-40,45-46,48-49,58H,4-6,13-15,22-24,30,33-34,38,41-44,47,50-57H2,1-3H3/b10-7-,11-8-,12-9-,19-16-,20-17-,21-18-,28-25-,29-26-,32-31-,35-27-,39-36-,40-37-,48-45-,49-46-. The number of carbonyl (C=O) groups is 3. The van der Waals surface area contributed by atoms with Gasteiger partial charge in [-0.1, -0.05) is 204 Å². The van der Waals surface area contributed by atoms with Crippen LogP contribution in [-0.2, 0) is 28.6 Å². The first-order valence-corrected chi connectivity index (χ1v) is 25.6. The van der Waals surface area contributed by atoms with Gasteiger partial charge in [0.15, 0.2) is 6.10 Å². The molecule has 0 amide bonds. The van der Waals surface area contributed by atoms with Crippen molar-refractivity contribution in [3.63, 3.8) is 0 Å². The normalized spacial score (nSPS) is 13.5. The van der Waals surface area contributed by atoms with Crippen molar-refractivity contribution in [3.8, 4) is 0 Å². The quantitative estimate of drug-likeness (QED) is 0.0262. The molecular weight excluding hydrogens is 829 g/mol. The van der Waals surface area contributed by atoms with Crippen LogP contribution in [-0.4, -0.2) is 37.2 Å². The van der Waals surface area contributed by atoms with Crippen LogP contribution in [0.15, 0.2) is 170 Å². The molecule has 6 nitrogen and oxygen atoms in total. The largest absolute Gasteiger partial charge is 0.462 e. The van der Waals surface area contributed by atoms with Gasteiger partial charge in [0.2, 0.25) is 0 Å². The molecule has 1 atom stereocenters. The van der Waals surface area contributed by atoms with Crippen LogP contribution < -0.4 is 0 Å². The van der Waals surface area contributed by atoms with Crippen molar-refractivity contribution in [1.29, 1.82) is 0 Å². The van der Waals surface area contributed by atoms with E-state index in [0.717, 1.165) is 122 Å². The second-order valence-corrected chi connectivity index (χ2v) is 15.9. The Morgan fingerprint density at radius 3 is 0.910 bits per heavy atom. The van der Waals surface area contributed by atoms with Gasteiger partial charge in [0.05, 0.1) is 0 Å². The lowest BCUT2D eigenvalue weighted by Gasteiger charge is -2.18. The topological polar surface area (TPSA) is 78.9 Å². The Morgan fingerprint density at radius 1 is 0.299 bits per heavy atom. The van der Waals surface area contributed by atoms with Crippen molar-refractivity contribution in [3.05, 3.63) is 170 Å². The van der Waals surface area contributed by atoms with Gasteiger partial charge in [-0.25, -0.2) is 0 Å². The van der Waals surface area contributed by atoms with Crippen LogP contribution >= 0.6 is 0 Å². The number of hydrogen-bond donors (Lipinski definition) is 0. The lowest BCUT2D eigenvalue weighted by atomic mass is 10.1. The van der Waals surface area contributed by atoms with E-state index in [1.165, 1.54) is 0 Å². The molecule has 0 saturated heterocycles. The van der Waals surface area contributed by atoms with Crippen LogP contribution in [0.4, 0.5) is 0 Å². The average molecular weight is 919 g/mol. The van der Waals surface area contributed by atoms with Gasteiger partial charge in [0, 0.05) is 19.3 Å². The van der Waals surface area contributed by atoms with Crippen molar-refractivity contribution in [2.45, 2.75) is 181 Å². The van der Waals surface area contributed by atoms with Crippen LogP contribution in [0.5, 0.6) is 0 Å². The molecule has 0 aromatic heterocycles. The van der Waals surface area contributed by atoms with E-state index in [1.807, 2.05) is 24.3 Å². The molecule has 0 radical (unpaired) electrons. The molecule has 0 aromatic rings.